The van der Waals surface area contributed by atoms with E-state index in [1.54, 1.807) is 7.11 Å². The molecule has 0 aliphatic heterocycles. The lowest BCUT2D eigenvalue weighted by atomic mass is 10.1. The largest absolute Gasteiger partial charge is 0.383 e. The minimum atomic E-state index is 0.789. The van der Waals surface area contributed by atoms with Gasteiger partial charge >= 0.3 is 0 Å². The topological polar surface area (TPSA) is 39.1 Å². The third-order valence-corrected chi connectivity index (χ3v) is 3.34. The number of aromatic nitrogens is 2. The molecule has 104 valence electrons. The van der Waals surface area contributed by atoms with Gasteiger partial charge in [-0.25, -0.2) is 0 Å². The molecular weight excluding hydrogens is 226 g/mol. The molecular formula is C14H27N3O. The van der Waals surface area contributed by atoms with Crippen molar-refractivity contribution in [3.8, 4) is 0 Å². The van der Waals surface area contributed by atoms with Gasteiger partial charge in [0.1, 0.15) is 0 Å². The van der Waals surface area contributed by atoms with Crippen LogP contribution in [0.3, 0.4) is 0 Å². The Labute approximate surface area is 111 Å². The first-order valence-corrected chi connectivity index (χ1v) is 6.93. The quantitative estimate of drug-likeness (QED) is 0.685. The molecule has 4 heteroatoms. The Morgan fingerprint density at radius 2 is 2.00 bits per heavy atom. The van der Waals surface area contributed by atoms with Crippen LogP contribution in [0.15, 0.2) is 0 Å². The molecule has 0 aromatic carbocycles. The van der Waals surface area contributed by atoms with Crippen LogP contribution in [0.2, 0.25) is 0 Å². The average molecular weight is 253 g/mol. The summed E-state index contributed by atoms with van der Waals surface area (Å²) in [7, 11) is 1.73. The molecule has 0 saturated carbocycles. The van der Waals surface area contributed by atoms with E-state index in [4.69, 9.17) is 4.74 Å². The predicted octanol–water partition coefficient (Wildman–Crippen LogP) is 2.08. The number of rotatable bonds is 9. The molecule has 0 aliphatic carbocycles. The van der Waals surface area contributed by atoms with Crippen LogP contribution in [-0.2, 0) is 17.7 Å². The van der Waals surface area contributed by atoms with Crippen LogP contribution >= 0.6 is 0 Å². The monoisotopic (exact) mass is 253 g/mol. The number of aryl methyl sites for hydroxylation is 2. The van der Waals surface area contributed by atoms with Crippen molar-refractivity contribution in [1.29, 1.82) is 0 Å². The van der Waals surface area contributed by atoms with E-state index in [-0.39, 0.29) is 0 Å². The highest BCUT2D eigenvalue weighted by atomic mass is 16.5. The fourth-order valence-corrected chi connectivity index (χ4v) is 2.27. The highest BCUT2D eigenvalue weighted by molar-refractivity contribution is 5.24. The van der Waals surface area contributed by atoms with Gasteiger partial charge in [0.15, 0.2) is 0 Å². The van der Waals surface area contributed by atoms with Crippen LogP contribution in [0.25, 0.3) is 0 Å². The van der Waals surface area contributed by atoms with Gasteiger partial charge in [0.25, 0.3) is 0 Å². The minimum Gasteiger partial charge on any atom is -0.383 e. The lowest BCUT2D eigenvalue weighted by molar-refractivity contribution is 0.199. The Morgan fingerprint density at radius 3 is 2.61 bits per heavy atom. The maximum Gasteiger partial charge on any atom is 0.0628 e. The summed E-state index contributed by atoms with van der Waals surface area (Å²) in [5.74, 6) is 0. The molecule has 4 nitrogen and oxygen atoms in total. The summed E-state index contributed by atoms with van der Waals surface area (Å²) in [5, 5.41) is 7.96. The summed E-state index contributed by atoms with van der Waals surface area (Å²) in [6.07, 6.45) is 3.44. The summed E-state index contributed by atoms with van der Waals surface area (Å²) in [6, 6.07) is 0. The highest BCUT2D eigenvalue weighted by Gasteiger charge is 2.08. The van der Waals surface area contributed by atoms with E-state index in [2.05, 4.69) is 35.9 Å². The summed E-state index contributed by atoms with van der Waals surface area (Å²) in [4.78, 5) is 0. The number of methoxy groups -OCH3 is 1. The van der Waals surface area contributed by atoms with Crippen LogP contribution < -0.4 is 5.32 Å². The Bertz CT molecular complexity index is 347. The molecule has 1 rings (SSSR count). The van der Waals surface area contributed by atoms with Crippen molar-refractivity contribution >= 4 is 0 Å². The van der Waals surface area contributed by atoms with Crippen LogP contribution in [0.5, 0.6) is 0 Å². The molecule has 1 N–H and O–H groups in total. The second-order valence-electron chi connectivity index (χ2n) is 4.68. The van der Waals surface area contributed by atoms with Crippen molar-refractivity contribution in [2.24, 2.45) is 0 Å². The number of unbranched alkanes of at least 4 members (excludes halogenated alkanes) is 1. The SMILES string of the molecule is CCc1c(C)nn(CCCCNCCOC)c1C. The second-order valence-corrected chi connectivity index (χ2v) is 4.68. The van der Waals surface area contributed by atoms with E-state index in [0.717, 1.165) is 32.7 Å². The van der Waals surface area contributed by atoms with Crippen LogP contribution in [0.1, 0.15) is 36.7 Å². The maximum atomic E-state index is 4.99. The smallest absolute Gasteiger partial charge is 0.0628 e. The highest BCUT2D eigenvalue weighted by Crippen LogP contribution is 2.13. The molecule has 1 aromatic rings. The molecule has 0 amide bonds. The first-order valence-electron chi connectivity index (χ1n) is 6.93. The van der Waals surface area contributed by atoms with Crippen molar-refractivity contribution in [2.75, 3.05) is 26.8 Å². The van der Waals surface area contributed by atoms with E-state index in [1.165, 1.54) is 29.8 Å². The van der Waals surface area contributed by atoms with Gasteiger partial charge in [-0.2, -0.15) is 5.10 Å². The fourth-order valence-electron chi connectivity index (χ4n) is 2.27. The molecule has 0 spiro atoms. The molecule has 0 radical (unpaired) electrons. The van der Waals surface area contributed by atoms with Gasteiger partial charge in [0.05, 0.1) is 12.3 Å². The zero-order valence-electron chi connectivity index (χ0n) is 12.3. The predicted molar refractivity (Wildman–Crippen MR) is 75.1 cm³/mol. The molecule has 0 atom stereocenters. The van der Waals surface area contributed by atoms with Gasteiger partial charge in [-0.15, -0.1) is 0 Å². The van der Waals surface area contributed by atoms with Crippen molar-refractivity contribution in [2.45, 2.75) is 46.6 Å². The van der Waals surface area contributed by atoms with Gasteiger partial charge in [-0.1, -0.05) is 6.92 Å². The van der Waals surface area contributed by atoms with Crippen molar-refractivity contribution in [1.82, 2.24) is 15.1 Å². The lowest BCUT2D eigenvalue weighted by Crippen LogP contribution is -2.20. The van der Waals surface area contributed by atoms with Crippen LogP contribution in [0, 0.1) is 13.8 Å². The number of ether oxygens (including phenoxy) is 1. The Balaban J connectivity index is 2.23. The molecule has 0 saturated heterocycles. The number of nitrogens with zero attached hydrogens (tertiary/aromatic N) is 2. The standard InChI is InChI=1S/C14H27N3O/c1-5-14-12(2)16-17(13(14)3)10-7-6-8-15-9-11-18-4/h15H,5-11H2,1-4H3. The molecule has 0 fully saturated rings. The van der Waals surface area contributed by atoms with Crippen molar-refractivity contribution in [3.63, 3.8) is 0 Å². The van der Waals surface area contributed by atoms with Crippen LogP contribution in [-0.4, -0.2) is 36.6 Å². The molecule has 18 heavy (non-hydrogen) atoms. The van der Waals surface area contributed by atoms with E-state index >= 15 is 0 Å². The third kappa shape index (κ3) is 4.42. The number of hydrogen-bond acceptors (Lipinski definition) is 3. The van der Waals surface area contributed by atoms with Gasteiger partial charge < -0.3 is 10.1 Å². The summed E-state index contributed by atoms with van der Waals surface area (Å²) < 4.78 is 7.14. The summed E-state index contributed by atoms with van der Waals surface area (Å²) in [5.41, 5.74) is 3.93. The molecule has 1 heterocycles. The first-order chi connectivity index (χ1) is 8.70. The van der Waals surface area contributed by atoms with Crippen LogP contribution in [0.4, 0.5) is 0 Å². The van der Waals surface area contributed by atoms with Gasteiger partial charge in [-0.3, -0.25) is 4.68 Å². The Morgan fingerprint density at radius 1 is 1.22 bits per heavy atom. The zero-order chi connectivity index (χ0) is 13.4. The number of hydrogen-bond donors (Lipinski definition) is 1. The first kappa shape index (κ1) is 15.2. The number of nitrogens with one attached hydrogen (secondary N) is 1. The van der Waals surface area contributed by atoms with E-state index < -0.39 is 0 Å². The Hall–Kier alpha value is -0.870. The maximum absolute atomic E-state index is 4.99. The van der Waals surface area contributed by atoms with Gasteiger partial charge in [-0.05, 0) is 45.2 Å². The van der Waals surface area contributed by atoms with Gasteiger partial charge in [0.2, 0.25) is 0 Å². The molecule has 0 unspecified atom stereocenters. The normalized spacial score (nSPS) is 11.1. The molecule has 0 aliphatic rings. The zero-order valence-corrected chi connectivity index (χ0v) is 12.3. The third-order valence-electron chi connectivity index (χ3n) is 3.34. The molecule has 0 bridgehead atoms. The van der Waals surface area contributed by atoms with E-state index in [1.807, 2.05) is 0 Å². The summed E-state index contributed by atoms with van der Waals surface area (Å²) >= 11 is 0. The Kier molecular flexibility index (Phi) is 6.98. The van der Waals surface area contributed by atoms with Gasteiger partial charge in [0, 0.05) is 25.9 Å². The second kappa shape index (κ2) is 8.27. The molecule has 1 aromatic heterocycles. The van der Waals surface area contributed by atoms with E-state index in [9.17, 15) is 0 Å². The van der Waals surface area contributed by atoms with E-state index in [0.29, 0.717) is 0 Å². The minimum absolute atomic E-state index is 0.789. The van der Waals surface area contributed by atoms with Crippen molar-refractivity contribution in [3.05, 3.63) is 17.0 Å². The average Bonchev–Trinajstić information content (AvgIpc) is 2.63. The summed E-state index contributed by atoms with van der Waals surface area (Å²) in [6.45, 7) is 10.3. The lowest BCUT2D eigenvalue weighted by Gasteiger charge is -2.06. The van der Waals surface area contributed by atoms with Crippen molar-refractivity contribution < 1.29 is 4.74 Å². The fraction of sp³-hybridized carbons (Fsp3) is 0.786.